The van der Waals surface area contributed by atoms with E-state index in [0.717, 1.165) is 26.1 Å². The van der Waals surface area contributed by atoms with Gasteiger partial charge in [-0.05, 0) is 60.7 Å². The first-order valence-electron chi connectivity index (χ1n) is 9.38. The first-order chi connectivity index (χ1) is 11.8. The molecule has 5 heteroatoms. The molecular weight excluding hydrogens is 320 g/mol. The molecule has 0 saturated carbocycles. The highest BCUT2D eigenvalue weighted by Crippen LogP contribution is 2.26. The van der Waals surface area contributed by atoms with Crippen LogP contribution in [-0.2, 0) is 11.2 Å². The smallest absolute Gasteiger partial charge is 0.222 e. The first kappa shape index (κ1) is 17.9. The zero-order chi connectivity index (χ0) is 16.8. The number of rotatable bonds is 6. The Morgan fingerprint density at radius 2 is 1.92 bits per heavy atom. The Bertz CT molecular complexity index is 497. The molecule has 134 valence electrons. The van der Waals surface area contributed by atoms with Gasteiger partial charge in [-0.15, -0.1) is 0 Å². The zero-order valence-corrected chi connectivity index (χ0v) is 15.3. The van der Waals surface area contributed by atoms with Crippen molar-refractivity contribution < 1.29 is 9.90 Å². The summed E-state index contributed by atoms with van der Waals surface area (Å²) in [6.45, 7) is 5.16. The molecule has 4 nitrogen and oxygen atoms in total. The van der Waals surface area contributed by atoms with Crippen LogP contribution in [-0.4, -0.2) is 60.1 Å². The summed E-state index contributed by atoms with van der Waals surface area (Å²) >= 11 is 1.69. The molecule has 0 aliphatic carbocycles. The van der Waals surface area contributed by atoms with Crippen LogP contribution in [0.5, 0.6) is 0 Å². The Morgan fingerprint density at radius 3 is 2.58 bits per heavy atom. The second kappa shape index (κ2) is 8.97. The van der Waals surface area contributed by atoms with Crippen LogP contribution in [0.15, 0.2) is 16.8 Å². The van der Waals surface area contributed by atoms with E-state index in [1.54, 1.807) is 11.3 Å². The van der Waals surface area contributed by atoms with Crippen LogP contribution in [0.3, 0.4) is 0 Å². The van der Waals surface area contributed by atoms with Crippen molar-refractivity contribution >= 4 is 17.2 Å². The fraction of sp³-hybridized carbons (Fsp3) is 0.737. The molecule has 0 aromatic carbocycles. The minimum atomic E-state index is 0.201. The minimum absolute atomic E-state index is 0.201. The molecule has 0 bridgehead atoms. The van der Waals surface area contributed by atoms with Gasteiger partial charge in [0, 0.05) is 38.6 Å². The van der Waals surface area contributed by atoms with E-state index >= 15 is 0 Å². The number of carbonyl (C=O) groups is 1. The van der Waals surface area contributed by atoms with Crippen LogP contribution in [0.25, 0.3) is 0 Å². The highest BCUT2D eigenvalue weighted by Gasteiger charge is 2.35. The van der Waals surface area contributed by atoms with Crippen LogP contribution in [0, 0.1) is 11.8 Å². The predicted octanol–water partition coefficient (Wildman–Crippen LogP) is 2.62. The van der Waals surface area contributed by atoms with Crippen LogP contribution in [0.2, 0.25) is 0 Å². The largest absolute Gasteiger partial charge is 0.396 e. The molecule has 2 saturated heterocycles. The molecule has 1 aromatic heterocycles. The molecule has 0 radical (unpaired) electrons. The summed E-state index contributed by atoms with van der Waals surface area (Å²) in [5.74, 6) is 0.926. The third kappa shape index (κ3) is 4.80. The fourth-order valence-electron chi connectivity index (χ4n) is 4.05. The molecule has 0 unspecified atom stereocenters. The van der Waals surface area contributed by atoms with Crippen molar-refractivity contribution in [1.82, 2.24) is 9.80 Å². The Kier molecular flexibility index (Phi) is 6.69. The number of aliphatic hydroxyl groups excluding tert-OH is 1. The van der Waals surface area contributed by atoms with E-state index in [9.17, 15) is 9.90 Å². The number of aryl methyl sites for hydroxylation is 1. The quantitative estimate of drug-likeness (QED) is 0.858. The summed E-state index contributed by atoms with van der Waals surface area (Å²) < 4.78 is 0. The van der Waals surface area contributed by atoms with E-state index in [2.05, 4.69) is 21.7 Å². The topological polar surface area (TPSA) is 43.8 Å². The van der Waals surface area contributed by atoms with Crippen molar-refractivity contribution in [2.45, 2.75) is 38.5 Å². The van der Waals surface area contributed by atoms with Crippen molar-refractivity contribution in [3.8, 4) is 0 Å². The maximum absolute atomic E-state index is 12.5. The second-order valence-corrected chi connectivity index (χ2v) is 8.13. The molecule has 2 aliphatic rings. The molecule has 1 N–H and O–H groups in total. The van der Waals surface area contributed by atoms with E-state index in [1.165, 1.54) is 44.3 Å². The molecule has 2 atom stereocenters. The van der Waals surface area contributed by atoms with Gasteiger partial charge in [-0.1, -0.05) is 12.8 Å². The molecule has 1 amide bonds. The van der Waals surface area contributed by atoms with E-state index in [0.29, 0.717) is 12.3 Å². The van der Waals surface area contributed by atoms with Gasteiger partial charge in [0.2, 0.25) is 5.91 Å². The zero-order valence-electron chi connectivity index (χ0n) is 14.5. The van der Waals surface area contributed by atoms with E-state index in [1.807, 2.05) is 4.90 Å². The number of aliphatic hydroxyl groups is 1. The lowest BCUT2D eigenvalue weighted by molar-refractivity contribution is -0.130. The average molecular weight is 351 g/mol. The Balaban J connectivity index is 1.50. The van der Waals surface area contributed by atoms with E-state index in [-0.39, 0.29) is 18.4 Å². The minimum Gasteiger partial charge on any atom is -0.396 e. The van der Waals surface area contributed by atoms with Crippen molar-refractivity contribution in [1.29, 1.82) is 0 Å². The molecule has 3 heterocycles. The molecule has 24 heavy (non-hydrogen) atoms. The number of carbonyl (C=O) groups excluding carboxylic acids is 1. The number of likely N-dealkylation sites (tertiary alicyclic amines) is 2. The second-order valence-electron chi connectivity index (χ2n) is 7.35. The predicted molar refractivity (Wildman–Crippen MR) is 98.2 cm³/mol. The Morgan fingerprint density at radius 1 is 1.17 bits per heavy atom. The fourth-order valence-corrected chi connectivity index (χ4v) is 4.75. The summed E-state index contributed by atoms with van der Waals surface area (Å²) in [4.78, 5) is 17.1. The van der Waals surface area contributed by atoms with Crippen molar-refractivity contribution in [2.75, 3.05) is 39.3 Å². The van der Waals surface area contributed by atoms with Crippen molar-refractivity contribution in [3.05, 3.63) is 22.4 Å². The maximum Gasteiger partial charge on any atom is 0.222 e. The lowest BCUT2D eigenvalue weighted by atomic mass is 9.96. The highest BCUT2D eigenvalue weighted by atomic mass is 32.1. The summed E-state index contributed by atoms with van der Waals surface area (Å²) in [6, 6.07) is 2.10. The van der Waals surface area contributed by atoms with Gasteiger partial charge in [-0.25, -0.2) is 0 Å². The standard InChI is InChI=1S/C19H30N2O2S/c22-14-18-13-21(19(23)6-5-16-7-10-24-15-16)12-17(18)11-20-8-3-1-2-4-9-20/h7,10,15,17-18,22H,1-6,8-9,11-14H2/t17-,18-/m1/s1. The van der Waals surface area contributed by atoms with Gasteiger partial charge in [-0.2, -0.15) is 11.3 Å². The first-order valence-corrected chi connectivity index (χ1v) is 10.3. The van der Waals surface area contributed by atoms with Gasteiger partial charge in [-0.3, -0.25) is 4.79 Å². The normalized spacial score (nSPS) is 25.8. The summed E-state index contributed by atoms with van der Waals surface area (Å²) in [5.41, 5.74) is 1.26. The lowest BCUT2D eigenvalue weighted by Gasteiger charge is -2.26. The third-order valence-electron chi connectivity index (χ3n) is 5.56. The molecule has 3 rings (SSSR count). The van der Waals surface area contributed by atoms with Gasteiger partial charge in [0.15, 0.2) is 0 Å². The highest BCUT2D eigenvalue weighted by molar-refractivity contribution is 7.07. The van der Waals surface area contributed by atoms with Gasteiger partial charge in [0.1, 0.15) is 0 Å². The van der Waals surface area contributed by atoms with Crippen LogP contribution in [0.1, 0.15) is 37.7 Å². The van der Waals surface area contributed by atoms with Crippen LogP contribution >= 0.6 is 11.3 Å². The van der Waals surface area contributed by atoms with Crippen LogP contribution < -0.4 is 0 Å². The average Bonchev–Trinajstić information content (AvgIpc) is 3.18. The number of hydrogen-bond donors (Lipinski definition) is 1. The number of nitrogens with zero attached hydrogens (tertiary/aromatic N) is 2. The maximum atomic E-state index is 12.5. The SMILES string of the molecule is O=C(CCc1ccsc1)N1C[C@@H](CN2CCCCCC2)[C@@H](CO)C1. The van der Waals surface area contributed by atoms with Gasteiger partial charge in [0.05, 0.1) is 0 Å². The summed E-state index contributed by atoms with van der Waals surface area (Å²) in [7, 11) is 0. The third-order valence-corrected chi connectivity index (χ3v) is 6.29. The number of hydrogen-bond acceptors (Lipinski definition) is 4. The molecule has 2 aliphatic heterocycles. The van der Waals surface area contributed by atoms with Crippen molar-refractivity contribution in [2.24, 2.45) is 11.8 Å². The van der Waals surface area contributed by atoms with Gasteiger partial charge >= 0.3 is 0 Å². The summed E-state index contributed by atoms with van der Waals surface area (Å²) in [5, 5.41) is 13.9. The molecule has 2 fully saturated rings. The van der Waals surface area contributed by atoms with Gasteiger partial charge in [0.25, 0.3) is 0 Å². The molecular formula is C19H30N2O2S. The Hall–Kier alpha value is -0.910. The monoisotopic (exact) mass is 350 g/mol. The lowest BCUT2D eigenvalue weighted by Crippen LogP contribution is -2.35. The van der Waals surface area contributed by atoms with Crippen LogP contribution in [0.4, 0.5) is 0 Å². The van der Waals surface area contributed by atoms with Gasteiger partial charge < -0.3 is 14.9 Å². The Labute approximate surface area is 149 Å². The number of amides is 1. The molecule has 1 aromatic rings. The van der Waals surface area contributed by atoms with E-state index in [4.69, 9.17) is 0 Å². The number of thiophene rings is 1. The van der Waals surface area contributed by atoms with Crippen molar-refractivity contribution in [3.63, 3.8) is 0 Å². The molecule has 0 spiro atoms. The van der Waals surface area contributed by atoms with E-state index < -0.39 is 0 Å². The summed E-state index contributed by atoms with van der Waals surface area (Å²) in [6.07, 6.45) is 6.69.